The van der Waals surface area contributed by atoms with Crippen LogP contribution in [-0.4, -0.2) is 35.8 Å². The van der Waals surface area contributed by atoms with E-state index >= 15 is 0 Å². The van der Waals surface area contributed by atoms with Gasteiger partial charge in [-0.3, -0.25) is 9.59 Å². The molecule has 0 spiro atoms. The Hall–Kier alpha value is -2.47. The number of nitrogens with zero attached hydrogens (tertiary/aromatic N) is 2. The fourth-order valence-electron chi connectivity index (χ4n) is 2.86. The van der Waals surface area contributed by atoms with Gasteiger partial charge in [-0.2, -0.15) is 0 Å². The van der Waals surface area contributed by atoms with Crippen molar-refractivity contribution in [2.45, 2.75) is 13.0 Å². The molecule has 3 rings (SSSR count). The van der Waals surface area contributed by atoms with Crippen molar-refractivity contribution >= 4 is 29.1 Å². The van der Waals surface area contributed by atoms with Crippen LogP contribution in [0, 0.1) is 11.6 Å². The molecule has 25 heavy (non-hydrogen) atoms. The van der Waals surface area contributed by atoms with E-state index in [1.807, 2.05) is 0 Å². The van der Waals surface area contributed by atoms with Gasteiger partial charge in [-0.05, 0) is 37.3 Å². The van der Waals surface area contributed by atoms with Crippen LogP contribution in [0.5, 0.6) is 0 Å². The molecule has 0 unspecified atom stereocenters. The Bertz CT molecular complexity index is 823. The Morgan fingerprint density at radius 3 is 2.48 bits per heavy atom. The van der Waals surface area contributed by atoms with Crippen molar-refractivity contribution in [3.05, 3.63) is 64.7 Å². The molecule has 0 radical (unpaired) electrons. The van der Waals surface area contributed by atoms with Crippen molar-refractivity contribution in [1.29, 1.82) is 0 Å². The Kier molecular flexibility index (Phi) is 4.72. The molecule has 0 aliphatic carbocycles. The zero-order chi connectivity index (χ0) is 18.1. The summed E-state index contributed by atoms with van der Waals surface area (Å²) in [5.41, 5.74) is 0.529. The van der Waals surface area contributed by atoms with Crippen LogP contribution < -0.4 is 4.90 Å². The Balaban J connectivity index is 1.82. The van der Waals surface area contributed by atoms with Crippen molar-refractivity contribution < 1.29 is 18.4 Å². The summed E-state index contributed by atoms with van der Waals surface area (Å²) in [5, 5.41) is 0.506. The molecular weight excluding hydrogens is 350 g/mol. The number of anilines is 1. The fourth-order valence-corrected chi connectivity index (χ4v) is 3.04. The summed E-state index contributed by atoms with van der Waals surface area (Å²) in [4.78, 5) is 27.9. The highest BCUT2D eigenvalue weighted by Crippen LogP contribution is 2.24. The summed E-state index contributed by atoms with van der Waals surface area (Å²) in [6.07, 6.45) is 0. The van der Waals surface area contributed by atoms with Gasteiger partial charge in [-0.15, -0.1) is 0 Å². The third-order valence-electron chi connectivity index (χ3n) is 4.08. The summed E-state index contributed by atoms with van der Waals surface area (Å²) in [6.45, 7) is 1.87. The van der Waals surface area contributed by atoms with Crippen LogP contribution in [-0.2, 0) is 4.79 Å². The van der Waals surface area contributed by atoms with Gasteiger partial charge >= 0.3 is 0 Å². The van der Waals surface area contributed by atoms with Gasteiger partial charge in [-0.1, -0.05) is 17.7 Å². The summed E-state index contributed by atoms with van der Waals surface area (Å²) in [7, 11) is 0. The lowest BCUT2D eigenvalue weighted by molar-refractivity contribution is -0.121. The van der Waals surface area contributed by atoms with Crippen molar-refractivity contribution in [3.63, 3.8) is 0 Å². The zero-order valence-corrected chi connectivity index (χ0v) is 14.1. The smallest absolute Gasteiger partial charge is 0.254 e. The first-order chi connectivity index (χ1) is 11.8. The van der Waals surface area contributed by atoms with Crippen LogP contribution in [0.1, 0.15) is 17.3 Å². The maximum atomic E-state index is 13.4. The minimum absolute atomic E-state index is 0.117. The highest BCUT2D eigenvalue weighted by Gasteiger charge is 2.34. The number of piperazine rings is 1. The fraction of sp³-hybridized carbons (Fsp3) is 0.222. The lowest BCUT2D eigenvalue weighted by Crippen LogP contribution is -2.57. The number of halogens is 3. The lowest BCUT2D eigenvalue weighted by atomic mass is 10.1. The first kappa shape index (κ1) is 17.4. The first-order valence-electron chi connectivity index (χ1n) is 7.68. The normalized spacial score (nSPS) is 17.8. The molecule has 0 aromatic heterocycles. The predicted octanol–water partition coefficient (Wildman–Crippen LogP) is 3.50. The molecule has 0 saturated carbocycles. The molecule has 1 aliphatic heterocycles. The Labute approximate surface area is 148 Å². The van der Waals surface area contributed by atoms with Gasteiger partial charge in [-0.25, -0.2) is 8.78 Å². The van der Waals surface area contributed by atoms with E-state index < -0.39 is 17.5 Å². The van der Waals surface area contributed by atoms with Gasteiger partial charge < -0.3 is 9.80 Å². The van der Waals surface area contributed by atoms with E-state index in [1.54, 1.807) is 36.1 Å². The average Bonchev–Trinajstić information content (AvgIpc) is 2.55. The molecule has 4 nitrogen and oxygen atoms in total. The molecule has 1 fully saturated rings. The molecule has 130 valence electrons. The van der Waals surface area contributed by atoms with Crippen molar-refractivity contribution in [2.24, 2.45) is 0 Å². The summed E-state index contributed by atoms with van der Waals surface area (Å²) >= 11 is 5.96. The van der Waals surface area contributed by atoms with Gasteiger partial charge in [0, 0.05) is 34.9 Å². The van der Waals surface area contributed by atoms with Gasteiger partial charge in [0.1, 0.15) is 18.2 Å². The lowest BCUT2D eigenvalue weighted by Gasteiger charge is -2.39. The van der Waals surface area contributed by atoms with Crippen molar-refractivity contribution in [2.75, 3.05) is 18.0 Å². The molecule has 0 bridgehead atoms. The van der Waals surface area contributed by atoms with Gasteiger partial charge in [0.25, 0.3) is 5.91 Å². The highest BCUT2D eigenvalue weighted by molar-refractivity contribution is 6.30. The van der Waals surface area contributed by atoms with Crippen molar-refractivity contribution in [3.8, 4) is 0 Å². The first-order valence-corrected chi connectivity index (χ1v) is 8.06. The third kappa shape index (κ3) is 3.64. The second-order valence-electron chi connectivity index (χ2n) is 5.92. The monoisotopic (exact) mass is 364 g/mol. The van der Waals surface area contributed by atoms with Gasteiger partial charge in [0.15, 0.2) is 0 Å². The number of amides is 2. The number of benzene rings is 2. The quantitative estimate of drug-likeness (QED) is 0.818. The van der Waals surface area contributed by atoms with Gasteiger partial charge in [0.05, 0.1) is 0 Å². The summed E-state index contributed by atoms with van der Waals surface area (Å²) in [6, 6.07) is 9.18. The van der Waals surface area contributed by atoms with Crippen molar-refractivity contribution in [1.82, 2.24) is 4.90 Å². The Morgan fingerprint density at radius 1 is 1.16 bits per heavy atom. The maximum Gasteiger partial charge on any atom is 0.254 e. The van der Waals surface area contributed by atoms with Crippen LogP contribution in [0.2, 0.25) is 5.02 Å². The van der Waals surface area contributed by atoms with Crippen LogP contribution in [0.15, 0.2) is 42.5 Å². The third-order valence-corrected chi connectivity index (χ3v) is 4.31. The average molecular weight is 365 g/mol. The predicted molar refractivity (Wildman–Crippen MR) is 90.7 cm³/mol. The molecule has 2 aromatic rings. The van der Waals surface area contributed by atoms with Crippen LogP contribution >= 0.6 is 11.6 Å². The topological polar surface area (TPSA) is 40.6 Å². The highest BCUT2D eigenvalue weighted by atomic mass is 35.5. The van der Waals surface area contributed by atoms with Crippen LogP contribution in [0.25, 0.3) is 0 Å². The summed E-state index contributed by atoms with van der Waals surface area (Å²) < 4.78 is 26.7. The van der Waals surface area contributed by atoms with E-state index in [0.717, 1.165) is 12.1 Å². The van der Waals surface area contributed by atoms with E-state index in [4.69, 9.17) is 11.6 Å². The second-order valence-corrected chi connectivity index (χ2v) is 6.36. The number of carbonyl (C=O) groups is 2. The molecular formula is C18H15ClF2N2O2. The van der Waals surface area contributed by atoms with Crippen LogP contribution in [0.3, 0.4) is 0 Å². The SMILES string of the molecule is C[C@H]1CN(c2cccc(Cl)c2)C(=O)CN1C(=O)c1cc(F)cc(F)c1. The molecule has 7 heteroatoms. The van der Waals surface area contributed by atoms with Crippen LogP contribution in [0.4, 0.5) is 14.5 Å². The van der Waals surface area contributed by atoms with E-state index in [2.05, 4.69) is 0 Å². The molecule has 1 aliphatic rings. The second kappa shape index (κ2) is 6.80. The van der Waals surface area contributed by atoms with Gasteiger partial charge in [0.2, 0.25) is 5.91 Å². The molecule has 1 heterocycles. The molecule has 1 atom stereocenters. The number of rotatable bonds is 2. The molecule has 2 aromatic carbocycles. The number of carbonyl (C=O) groups excluding carboxylic acids is 2. The summed E-state index contributed by atoms with van der Waals surface area (Å²) in [5.74, 6) is -2.53. The Morgan fingerprint density at radius 2 is 1.84 bits per heavy atom. The minimum Gasteiger partial charge on any atom is -0.325 e. The van der Waals surface area contributed by atoms with E-state index in [9.17, 15) is 18.4 Å². The molecule has 2 amide bonds. The number of hydrogen-bond donors (Lipinski definition) is 0. The number of hydrogen-bond acceptors (Lipinski definition) is 2. The standard InChI is InChI=1S/C18H15ClF2N2O2/c1-11-9-23(16-4-2-3-13(19)7-16)17(24)10-22(11)18(25)12-5-14(20)8-15(21)6-12/h2-8,11H,9-10H2,1H3/t11-/m0/s1. The van der Waals surface area contributed by atoms with E-state index in [0.29, 0.717) is 16.8 Å². The minimum atomic E-state index is -0.833. The van der Waals surface area contributed by atoms with E-state index in [1.165, 1.54) is 4.90 Å². The maximum absolute atomic E-state index is 13.4. The van der Waals surface area contributed by atoms with E-state index in [-0.39, 0.29) is 30.6 Å². The zero-order valence-electron chi connectivity index (χ0n) is 13.4. The largest absolute Gasteiger partial charge is 0.325 e. The molecule has 1 saturated heterocycles. The molecule has 0 N–H and O–H groups in total.